The standard InChI is InChI=1S/C17H27N2O.BrH/c1-18(16-10-4-2-5-11-16)17(20)12-6-9-15-19-13-7-3-8-14-19;/h3,7-8,13-14,16H,2,4-6,9-12,15H2,1H3;1H/q+1;/p-1. The summed E-state index contributed by atoms with van der Waals surface area (Å²) in [5.41, 5.74) is 0. The number of carbonyl (C=O) groups excluding carboxylic acids is 1. The second-order valence-corrected chi connectivity index (χ2v) is 5.87. The Morgan fingerprint density at radius 1 is 1.10 bits per heavy atom. The van der Waals surface area contributed by atoms with Crippen LogP contribution in [0.4, 0.5) is 0 Å². The van der Waals surface area contributed by atoms with Crippen LogP contribution < -0.4 is 21.5 Å². The third-order valence-corrected chi connectivity index (χ3v) is 4.35. The lowest BCUT2D eigenvalue weighted by Crippen LogP contribution is -3.00. The molecule has 1 heterocycles. The van der Waals surface area contributed by atoms with Gasteiger partial charge in [0.05, 0.1) is 0 Å². The van der Waals surface area contributed by atoms with Crippen LogP contribution in [0.25, 0.3) is 0 Å². The molecule has 4 heteroatoms. The zero-order valence-electron chi connectivity index (χ0n) is 13.0. The van der Waals surface area contributed by atoms with Gasteiger partial charge in [-0.3, -0.25) is 4.79 Å². The average molecular weight is 355 g/mol. The number of pyridine rings is 1. The third-order valence-electron chi connectivity index (χ3n) is 4.35. The Labute approximate surface area is 139 Å². The quantitative estimate of drug-likeness (QED) is 0.518. The van der Waals surface area contributed by atoms with E-state index in [1.165, 1.54) is 32.1 Å². The van der Waals surface area contributed by atoms with Crippen LogP contribution >= 0.6 is 0 Å². The van der Waals surface area contributed by atoms with Gasteiger partial charge < -0.3 is 21.9 Å². The summed E-state index contributed by atoms with van der Waals surface area (Å²) in [6.45, 7) is 1.00. The molecule has 1 amide bonds. The van der Waals surface area contributed by atoms with Crippen molar-refractivity contribution in [3.63, 3.8) is 0 Å². The number of aromatic nitrogens is 1. The highest BCUT2D eigenvalue weighted by molar-refractivity contribution is 5.76. The van der Waals surface area contributed by atoms with Gasteiger partial charge >= 0.3 is 0 Å². The molecule has 1 aromatic rings. The van der Waals surface area contributed by atoms with E-state index in [0.29, 0.717) is 18.4 Å². The molecule has 1 aromatic heterocycles. The Kier molecular flexibility index (Phi) is 8.58. The Morgan fingerprint density at radius 3 is 2.43 bits per heavy atom. The Morgan fingerprint density at radius 2 is 1.76 bits per heavy atom. The van der Waals surface area contributed by atoms with Crippen molar-refractivity contribution in [3.05, 3.63) is 30.6 Å². The summed E-state index contributed by atoms with van der Waals surface area (Å²) in [4.78, 5) is 14.2. The molecule has 0 saturated heterocycles. The van der Waals surface area contributed by atoms with Gasteiger partial charge in [0.15, 0.2) is 12.4 Å². The monoisotopic (exact) mass is 354 g/mol. The summed E-state index contributed by atoms with van der Waals surface area (Å²) in [5.74, 6) is 0.329. The topological polar surface area (TPSA) is 24.2 Å². The number of unbranched alkanes of at least 4 members (excludes halogenated alkanes) is 1. The van der Waals surface area contributed by atoms with Gasteiger partial charge in [0.2, 0.25) is 5.91 Å². The predicted molar refractivity (Wildman–Crippen MR) is 80.1 cm³/mol. The molecule has 0 aromatic carbocycles. The van der Waals surface area contributed by atoms with E-state index in [1.54, 1.807) is 0 Å². The SMILES string of the molecule is CN(C(=O)CCCC[n+]1ccccc1)C1CCCCC1.[Br-]. The molecule has 0 unspecified atom stereocenters. The van der Waals surface area contributed by atoms with Crippen molar-refractivity contribution in [2.24, 2.45) is 0 Å². The number of halogens is 1. The van der Waals surface area contributed by atoms with Gasteiger partial charge in [-0.05, 0) is 19.3 Å². The Hall–Kier alpha value is -0.900. The maximum absolute atomic E-state index is 12.2. The Balaban J connectivity index is 0.00000220. The zero-order valence-corrected chi connectivity index (χ0v) is 14.6. The molecule has 0 radical (unpaired) electrons. The molecule has 1 fully saturated rings. The van der Waals surface area contributed by atoms with E-state index >= 15 is 0 Å². The maximum atomic E-state index is 12.2. The second kappa shape index (κ2) is 9.93. The minimum atomic E-state index is 0. The first-order valence-electron chi connectivity index (χ1n) is 7.97. The lowest BCUT2D eigenvalue weighted by Gasteiger charge is -2.31. The molecule has 2 rings (SSSR count). The van der Waals surface area contributed by atoms with Crippen molar-refractivity contribution in [1.82, 2.24) is 4.90 Å². The van der Waals surface area contributed by atoms with Crippen LogP contribution in [0, 0.1) is 0 Å². The smallest absolute Gasteiger partial charge is 0.222 e. The van der Waals surface area contributed by atoms with E-state index in [2.05, 4.69) is 17.0 Å². The lowest BCUT2D eigenvalue weighted by atomic mass is 9.94. The van der Waals surface area contributed by atoms with E-state index < -0.39 is 0 Å². The fourth-order valence-corrected chi connectivity index (χ4v) is 3.00. The zero-order chi connectivity index (χ0) is 14.2. The van der Waals surface area contributed by atoms with Crippen LogP contribution in [-0.4, -0.2) is 23.9 Å². The average Bonchev–Trinajstić information content (AvgIpc) is 2.52. The van der Waals surface area contributed by atoms with E-state index in [0.717, 1.165) is 19.4 Å². The second-order valence-electron chi connectivity index (χ2n) is 5.87. The number of amides is 1. The molecule has 0 aliphatic heterocycles. The van der Waals surface area contributed by atoms with Crippen molar-refractivity contribution < 1.29 is 26.3 Å². The van der Waals surface area contributed by atoms with Crippen molar-refractivity contribution >= 4 is 5.91 Å². The van der Waals surface area contributed by atoms with Crippen LogP contribution in [0.5, 0.6) is 0 Å². The van der Waals surface area contributed by atoms with Crippen LogP contribution in [0.2, 0.25) is 0 Å². The molecule has 21 heavy (non-hydrogen) atoms. The fraction of sp³-hybridized carbons (Fsp3) is 0.647. The third kappa shape index (κ3) is 6.16. The largest absolute Gasteiger partial charge is 1.00 e. The molecule has 0 spiro atoms. The lowest BCUT2D eigenvalue weighted by molar-refractivity contribution is -0.697. The highest BCUT2D eigenvalue weighted by atomic mass is 79.9. The summed E-state index contributed by atoms with van der Waals surface area (Å²) < 4.78 is 2.18. The molecular formula is C17H27BrN2O. The van der Waals surface area contributed by atoms with Gasteiger partial charge in [-0.25, -0.2) is 4.57 Å². The van der Waals surface area contributed by atoms with E-state index in [-0.39, 0.29) is 17.0 Å². The minimum absolute atomic E-state index is 0. The van der Waals surface area contributed by atoms with Crippen molar-refractivity contribution in [2.45, 2.75) is 64.0 Å². The minimum Gasteiger partial charge on any atom is -1.00 e. The van der Waals surface area contributed by atoms with Crippen molar-refractivity contribution in [1.29, 1.82) is 0 Å². The first-order valence-corrected chi connectivity index (χ1v) is 7.97. The molecule has 0 N–H and O–H groups in total. The van der Waals surface area contributed by atoms with E-state index in [1.807, 2.05) is 30.1 Å². The summed E-state index contributed by atoms with van der Waals surface area (Å²) >= 11 is 0. The first-order chi connectivity index (χ1) is 9.77. The van der Waals surface area contributed by atoms with Gasteiger partial charge in [0.1, 0.15) is 6.54 Å². The number of hydrogen-bond acceptors (Lipinski definition) is 1. The normalized spacial score (nSPS) is 15.3. The van der Waals surface area contributed by atoms with Crippen LogP contribution in [0.3, 0.4) is 0 Å². The molecule has 3 nitrogen and oxygen atoms in total. The fourth-order valence-electron chi connectivity index (χ4n) is 3.00. The molecular weight excluding hydrogens is 328 g/mol. The van der Waals surface area contributed by atoms with E-state index in [4.69, 9.17) is 0 Å². The number of aryl methyl sites for hydroxylation is 1. The van der Waals surface area contributed by atoms with Gasteiger partial charge in [0, 0.05) is 38.1 Å². The van der Waals surface area contributed by atoms with Crippen molar-refractivity contribution in [3.8, 4) is 0 Å². The Bertz CT molecular complexity index is 405. The number of carbonyl (C=O) groups is 1. The van der Waals surface area contributed by atoms with Crippen LogP contribution in [0.15, 0.2) is 30.6 Å². The molecule has 1 aliphatic rings. The maximum Gasteiger partial charge on any atom is 0.222 e. The van der Waals surface area contributed by atoms with Gasteiger partial charge in [0.25, 0.3) is 0 Å². The molecule has 1 aliphatic carbocycles. The molecule has 0 bridgehead atoms. The first kappa shape index (κ1) is 18.1. The number of rotatable bonds is 6. The highest BCUT2D eigenvalue weighted by Gasteiger charge is 2.21. The summed E-state index contributed by atoms with van der Waals surface area (Å²) in [6, 6.07) is 6.61. The van der Waals surface area contributed by atoms with Gasteiger partial charge in [-0.2, -0.15) is 0 Å². The highest BCUT2D eigenvalue weighted by Crippen LogP contribution is 2.22. The van der Waals surface area contributed by atoms with Gasteiger partial charge in [-0.15, -0.1) is 0 Å². The van der Waals surface area contributed by atoms with Crippen LogP contribution in [0.1, 0.15) is 51.4 Å². The van der Waals surface area contributed by atoms with Crippen LogP contribution in [-0.2, 0) is 11.3 Å². The molecule has 0 atom stereocenters. The molecule has 118 valence electrons. The summed E-state index contributed by atoms with van der Waals surface area (Å²) in [5, 5.41) is 0. The van der Waals surface area contributed by atoms with Gasteiger partial charge in [-0.1, -0.05) is 25.3 Å². The number of hydrogen-bond donors (Lipinski definition) is 0. The summed E-state index contributed by atoms with van der Waals surface area (Å²) in [7, 11) is 1.99. The summed E-state index contributed by atoms with van der Waals surface area (Å²) in [6.07, 6.45) is 13.2. The molecule has 1 saturated carbocycles. The van der Waals surface area contributed by atoms with Crippen molar-refractivity contribution in [2.75, 3.05) is 7.05 Å². The predicted octanol–water partition coefficient (Wildman–Crippen LogP) is -0.0605. The van der Waals surface area contributed by atoms with E-state index in [9.17, 15) is 4.79 Å². The number of nitrogens with zero attached hydrogens (tertiary/aromatic N) is 2.